The number of aromatic nitrogens is 1. The maximum Gasteiger partial charge on any atom is 0.308 e. The number of nitrogens with one attached hydrogen (secondary N) is 1. The molecule has 1 aromatic heterocycles. The Morgan fingerprint density at radius 2 is 2.20 bits per heavy atom. The van der Waals surface area contributed by atoms with E-state index in [1.54, 1.807) is 6.07 Å². The summed E-state index contributed by atoms with van der Waals surface area (Å²) in [5, 5.41) is 11.7. The van der Waals surface area contributed by atoms with Gasteiger partial charge in [-0.2, -0.15) is 0 Å². The normalized spacial score (nSPS) is 12.2. The lowest BCUT2D eigenvalue weighted by molar-refractivity contribution is -0.141. The zero-order valence-electron chi connectivity index (χ0n) is 10.8. The van der Waals surface area contributed by atoms with Crippen LogP contribution in [0.2, 0.25) is 0 Å². The number of fused-ring (bicyclic) bond motifs is 1. The summed E-state index contributed by atoms with van der Waals surface area (Å²) in [7, 11) is 0. The fourth-order valence-corrected chi connectivity index (χ4v) is 2.11. The van der Waals surface area contributed by atoms with Gasteiger partial charge in [-0.3, -0.25) is 9.59 Å². The van der Waals surface area contributed by atoms with Crippen molar-refractivity contribution in [1.82, 2.24) is 10.3 Å². The molecule has 7 heteroatoms. The Bertz CT molecular complexity index is 593. The van der Waals surface area contributed by atoms with E-state index in [4.69, 9.17) is 9.52 Å². The lowest BCUT2D eigenvalue weighted by atomic mass is 10.2. The van der Waals surface area contributed by atoms with Gasteiger partial charge in [-0.15, -0.1) is 0 Å². The number of oxazole rings is 1. The monoisotopic (exact) mass is 294 g/mol. The Morgan fingerprint density at radius 3 is 2.90 bits per heavy atom. The van der Waals surface area contributed by atoms with Crippen LogP contribution in [0.4, 0.5) is 0 Å². The van der Waals surface area contributed by atoms with Gasteiger partial charge < -0.3 is 14.8 Å². The second-order valence-corrected chi connectivity index (χ2v) is 5.21. The van der Waals surface area contributed by atoms with Crippen LogP contribution in [0.3, 0.4) is 0 Å². The van der Waals surface area contributed by atoms with Gasteiger partial charge in [-0.1, -0.05) is 30.8 Å². The Balaban J connectivity index is 1.82. The molecule has 1 unspecified atom stereocenters. The zero-order valence-corrected chi connectivity index (χ0v) is 11.6. The molecule has 0 aliphatic rings. The van der Waals surface area contributed by atoms with Crippen molar-refractivity contribution in [2.24, 2.45) is 5.92 Å². The van der Waals surface area contributed by atoms with Gasteiger partial charge in [0.1, 0.15) is 5.52 Å². The van der Waals surface area contributed by atoms with Gasteiger partial charge in [-0.05, 0) is 12.1 Å². The standard InChI is InChI=1S/C13H14N2O4S/c1-8(12(17)18)6-14-11(16)7-20-13-15-9-4-2-3-5-10(9)19-13/h2-5,8H,6-7H2,1H3,(H,14,16)(H,17,18). The number of thioether (sulfide) groups is 1. The van der Waals surface area contributed by atoms with Crippen molar-refractivity contribution >= 4 is 34.7 Å². The van der Waals surface area contributed by atoms with E-state index in [1.165, 1.54) is 18.7 Å². The second-order valence-electron chi connectivity index (χ2n) is 4.28. The molecule has 2 aromatic rings. The number of aliphatic carboxylic acids is 1. The molecule has 1 atom stereocenters. The first-order valence-corrected chi connectivity index (χ1v) is 7.02. The largest absolute Gasteiger partial charge is 0.481 e. The van der Waals surface area contributed by atoms with E-state index in [9.17, 15) is 9.59 Å². The minimum absolute atomic E-state index is 0.113. The number of hydrogen-bond donors (Lipinski definition) is 2. The minimum Gasteiger partial charge on any atom is -0.481 e. The lowest BCUT2D eigenvalue weighted by Crippen LogP contribution is -2.32. The summed E-state index contributed by atoms with van der Waals surface area (Å²) < 4.78 is 5.46. The number of carbonyl (C=O) groups is 2. The second kappa shape index (κ2) is 6.42. The number of hydrogen-bond acceptors (Lipinski definition) is 5. The quantitative estimate of drug-likeness (QED) is 0.789. The molecule has 0 saturated carbocycles. The van der Waals surface area contributed by atoms with E-state index >= 15 is 0 Å². The molecule has 2 rings (SSSR count). The van der Waals surface area contributed by atoms with Gasteiger partial charge in [0.2, 0.25) is 5.91 Å². The van der Waals surface area contributed by atoms with E-state index < -0.39 is 11.9 Å². The number of carbonyl (C=O) groups excluding carboxylic acids is 1. The molecule has 0 saturated heterocycles. The fraction of sp³-hybridized carbons (Fsp3) is 0.308. The summed E-state index contributed by atoms with van der Waals surface area (Å²) in [5.74, 6) is -1.64. The highest BCUT2D eigenvalue weighted by Crippen LogP contribution is 2.22. The zero-order chi connectivity index (χ0) is 14.5. The summed E-state index contributed by atoms with van der Waals surface area (Å²) in [6.45, 7) is 1.65. The van der Waals surface area contributed by atoms with E-state index in [2.05, 4.69) is 10.3 Å². The van der Waals surface area contributed by atoms with Crippen LogP contribution in [0.1, 0.15) is 6.92 Å². The third kappa shape index (κ3) is 3.74. The van der Waals surface area contributed by atoms with Gasteiger partial charge in [0.15, 0.2) is 5.58 Å². The van der Waals surface area contributed by atoms with Crippen LogP contribution in [-0.4, -0.2) is 34.3 Å². The van der Waals surface area contributed by atoms with Crippen LogP contribution in [0.15, 0.2) is 33.9 Å². The first-order valence-electron chi connectivity index (χ1n) is 6.04. The number of carboxylic acid groups (broad SMARTS) is 1. The predicted molar refractivity (Wildman–Crippen MR) is 74.5 cm³/mol. The van der Waals surface area contributed by atoms with Crippen LogP contribution in [-0.2, 0) is 9.59 Å². The fourth-order valence-electron chi connectivity index (χ4n) is 1.45. The van der Waals surface area contributed by atoms with Crippen molar-refractivity contribution in [3.05, 3.63) is 24.3 Å². The first-order chi connectivity index (χ1) is 9.56. The molecular weight excluding hydrogens is 280 g/mol. The van der Waals surface area contributed by atoms with Gasteiger partial charge in [0.05, 0.1) is 11.7 Å². The number of rotatable bonds is 6. The Labute approximate surface area is 119 Å². The SMILES string of the molecule is CC(CNC(=O)CSc1nc2ccccc2o1)C(=O)O. The summed E-state index contributed by atoms with van der Waals surface area (Å²) in [6.07, 6.45) is 0. The van der Waals surface area contributed by atoms with Gasteiger partial charge in [0, 0.05) is 6.54 Å². The third-order valence-electron chi connectivity index (χ3n) is 2.63. The van der Waals surface area contributed by atoms with Crippen LogP contribution in [0.5, 0.6) is 0 Å². The van der Waals surface area contributed by atoms with E-state index in [-0.39, 0.29) is 18.2 Å². The predicted octanol–water partition coefficient (Wildman–Crippen LogP) is 1.76. The molecule has 0 spiro atoms. The van der Waals surface area contributed by atoms with E-state index in [0.717, 1.165) is 5.52 Å². The van der Waals surface area contributed by atoms with Gasteiger partial charge in [-0.25, -0.2) is 4.98 Å². The van der Waals surface area contributed by atoms with Crippen LogP contribution in [0, 0.1) is 5.92 Å². The number of benzene rings is 1. The molecule has 0 aliphatic carbocycles. The highest BCUT2D eigenvalue weighted by molar-refractivity contribution is 7.99. The lowest BCUT2D eigenvalue weighted by Gasteiger charge is -2.07. The molecule has 106 valence electrons. The number of amides is 1. The topological polar surface area (TPSA) is 92.4 Å². The van der Waals surface area contributed by atoms with Gasteiger partial charge >= 0.3 is 5.97 Å². The molecule has 0 radical (unpaired) electrons. The molecule has 1 amide bonds. The maximum absolute atomic E-state index is 11.6. The highest BCUT2D eigenvalue weighted by atomic mass is 32.2. The maximum atomic E-state index is 11.6. The average Bonchev–Trinajstić information content (AvgIpc) is 2.85. The number of nitrogens with zero attached hydrogens (tertiary/aromatic N) is 1. The molecule has 0 aliphatic heterocycles. The summed E-state index contributed by atoms with van der Waals surface area (Å²) in [6, 6.07) is 7.35. The van der Waals surface area contributed by atoms with Crippen molar-refractivity contribution < 1.29 is 19.1 Å². The Hall–Kier alpha value is -2.02. The van der Waals surface area contributed by atoms with Crippen molar-refractivity contribution in [2.75, 3.05) is 12.3 Å². The van der Waals surface area contributed by atoms with Crippen molar-refractivity contribution in [1.29, 1.82) is 0 Å². The van der Waals surface area contributed by atoms with Crippen LogP contribution >= 0.6 is 11.8 Å². The van der Waals surface area contributed by atoms with E-state index in [1.807, 2.05) is 18.2 Å². The molecule has 1 aromatic carbocycles. The van der Waals surface area contributed by atoms with Crippen molar-refractivity contribution in [2.45, 2.75) is 12.1 Å². The van der Waals surface area contributed by atoms with Crippen molar-refractivity contribution in [3.63, 3.8) is 0 Å². The van der Waals surface area contributed by atoms with Gasteiger partial charge in [0.25, 0.3) is 5.22 Å². The number of carboxylic acids is 1. The average molecular weight is 294 g/mol. The Kier molecular flexibility index (Phi) is 4.62. The number of para-hydroxylation sites is 2. The first kappa shape index (κ1) is 14.4. The molecular formula is C13H14N2O4S. The molecule has 6 nitrogen and oxygen atoms in total. The van der Waals surface area contributed by atoms with Crippen molar-refractivity contribution in [3.8, 4) is 0 Å². The molecule has 0 bridgehead atoms. The highest BCUT2D eigenvalue weighted by Gasteiger charge is 2.13. The minimum atomic E-state index is -0.933. The molecule has 2 N–H and O–H groups in total. The molecule has 20 heavy (non-hydrogen) atoms. The van der Waals surface area contributed by atoms with E-state index in [0.29, 0.717) is 10.8 Å². The smallest absolute Gasteiger partial charge is 0.308 e. The molecule has 0 fully saturated rings. The van der Waals surface area contributed by atoms with Crippen LogP contribution < -0.4 is 5.32 Å². The summed E-state index contributed by atoms with van der Waals surface area (Å²) in [4.78, 5) is 26.4. The summed E-state index contributed by atoms with van der Waals surface area (Å²) in [5.41, 5.74) is 1.42. The summed E-state index contributed by atoms with van der Waals surface area (Å²) >= 11 is 1.18. The third-order valence-corrected chi connectivity index (χ3v) is 3.46. The van der Waals surface area contributed by atoms with Crippen LogP contribution in [0.25, 0.3) is 11.1 Å². The molecule has 1 heterocycles. The Morgan fingerprint density at radius 1 is 1.45 bits per heavy atom.